The predicted octanol–water partition coefficient (Wildman–Crippen LogP) is 3.01. The zero-order chi connectivity index (χ0) is 19.0. The first-order chi connectivity index (χ1) is 11.6. The molecule has 2 rings (SSSR count). The molecule has 0 radical (unpaired) electrons. The van der Waals surface area contributed by atoms with Crippen LogP contribution in [-0.2, 0) is 14.9 Å². The van der Waals surface area contributed by atoms with E-state index >= 15 is 0 Å². The predicted molar refractivity (Wildman–Crippen MR) is 102 cm³/mol. The van der Waals surface area contributed by atoms with E-state index in [-0.39, 0.29) is 11.9 Å². The SMILES string of the molecule is CCCN1CCCC[C@H]1C(=O)Nc1c(C)cccc1C.CS(=O)(=O)O. The zero-order valence-electron chi connectivity index (χ0n) is 15.6. The normalized spacial score (nSPS) is 18.2. The lowest BCUT2D eigenvalue weighted by atomic mass is 10.0. The van der Waals surface area contributed by atoms with Gasteiger partial charge in [-0.25, -0.2) is 0 Å². The number of piperidine rings is 1. The molecular formula is C18H30N2O4S. The number of nitrogens with one attached hydrogen (secondary N) is 1. The third-order valence-electron chi connectivity index (χ3n) is 4.16. The van der Waals surface area contributed by atoms with Gasteiger partial charge in [0.05, 0.1) is 12.3 Å². The van der Waals surface area contributed by atoms with Gasteiger partial charge in [-0.1, -0.05) is 31.5 Å². The summed E-state index contributed by atoms with van der Waals surface area (Å²) < 4.78 is 25.9. The van der Waals surface area contributed by atoms with E-state index in [0.717, 1.165) is 49.2 Å². The van der Waals surface area contributed by atoms with Crippen LogP contribution in [0.4, 0.5) is 5.69 Å². The lowest BCUT2D eigenvalue weighted by Crippen LogP contribution is -2.47. The van der Waals surface area contributed by atoms with Crippen molar-refractivity contribution in [1.82, 2.24) is 4.90 Å². The molecule has 1 amide bonds. The van der Waals surface area contributed by atoms with Crippen LogP contribution >= 0.6 is 0 Å². The summed E-state index contributed by atoms with van der Waals surface area (Å²) >= 11 is 0. The Morgan fingerprint density at radius 2 is 1.84 bits per heavy atom. The highest BCUT2D eigenvalue weighted by molar-refractivity contribution is 7.85. The third-order valence-corrected chi connectivity index (χ3v) is 4.16. The quantitative estimate of drug-likeness (QED) is 0.796. The molecule has 6 nitrogen and oxygen atoms in total. The van der Waals surface area contributed by atoms with Crippen LogP contribution in [0.15, 0.2) is 18.2 Å². The molecule has 0 aliphatic carbocycles. The lowest BCUT2D eigenvalue weighted by Gasteiger charge is -2.34. The number of aryl methyl sites for hydroxylation is 2. The molecule has 0 bridgehead atoms. The summed E-state index contributed by atoms with van der Waals surface area (Å²) in [5, 5.41) is 3.16. The molecule has 1 heterocycles. The fourth-order valence-corrected chi connectivity index (χ4v) is 3.06. The Kier molecular flexibility index (Phi) is 8.55. The Balaban J connectivity index is 0.000000550. The van der Waals surface area contributed by atoms with E-state index in [2.05, 4.69) is 17.1 Å². The number of hydrogen-bond donors (Lipinski definition) is 2. The van der Waals surface area contributed by atoms with Gasteiger partial charge in [0.15, 0.2) is 0 Å². The summed E-state index contributed by atoms with van der Waals surface area (Å²) in [6, 6.07) is 6.17. The minimum Gasteiger partial charge on any atom is -0.324 e. The van der Waals surface area contributed by atoms with E-state index < -0.39 is 10.1 Å². The van der Waals surface area contributed by atoms with Gasteiger partial charge >= 0.3 is 0 Å². The first kappa shape index (κ1) is 21.6. The molecule has 1 atom stereocenters. The second-order valence-electron chi connectivity index (χ2n) is 6.54. The molecule has 2 N–H and O–H groups in total. The molecule has 142 valence electrons. The maximum Gasteiger partial charge on any atom is 0.261 e. The molecule has 0 saturated carbocycles. The maximum absolute atomic E-state index is 12.6. The van der Waals surface area contributed by atoms with Crippen LogP contribution in [0.1, 0.15) is 43.7 Å². The number of para-hydroxylation sites is 1. The van der Waals surface area contributed by atoms with E-state index in [9.17, 15) is 13.2 Å². The van der Waals surface area contributed by atoms with Gasteiger partial charge in [0, 0.05) is 5.69 Å². The number of carbonyl (C=O) groups excluding carboxylic acids is 1. The molecule has 1 saturated heterocycles. The molecule has 1 aliphatic heterocycles. The van der Waals surface area contributed by atoms with Gasteiger partial charge in [0.1, 0.15) is 0 Å². The van der Waals surface area contributed by atoms with Gasteiger partial charge in [-0.2, -0.15) is 8.42 Å². The lowest BCUT2D eigenvalue weighted by molar-refractivity contribution is -0.122. The van der Waals surface area contributed by atoms with E-state index in [0.29, 0.717) is 6.26 Å². The molecule has 1 aliphatic rings. The van der Waals surface area contributed by atoms with Crippen molar-refractivity contribution in [2.45, 2.75) is 52.5 Å². The van der Waals surface area contributed by atoms with Crippen molar-refractivity contribution < 1.29 is 17.8 Å². The van der Waals surface area contributed by atoms with Crippen molar-refractivity contribution >= 4 is 21.7 Å². The molecule has 0 aromatic heterocycles. The minimum atomic E-state index is -3.67. The highest BCUT2D eigenvalue weighted by Crippen LogP contribution is 2.23. The van der Waals surface area contributed by atoms with Crippen LogP contribution < -0.4 is 5.32 Å². The number of nitrogens with zero attached hydrogens (tertiary/aromatic N) is 1. The van der Waals surface area contributed by atoms with Crippen molar-refractivity contribution in [3.05, 3.63) is 29.3 Å². The Morgan fingerprint density at radius 3 is 2.36 bits per heavy atom. The zero-order valence-corrected chi connectivity index (χ0v) is 16.4. The van der Waals surface area contributed by atoms with E-state index in [1.54, 1.807) is 0 Å². The van der Waals surface area contributed by atoms with Crippen molar-refractivity contribution in [2.75, 3.05) is 24.7 Å². The number of likely N-dealkylation sites (tertiary alicyclic amines) is 1. The number of hydrogen-bond acceptors (Lipinski definition) is 4. The third kappa shape index (κ3) is 7.98. The molecule has 7 heteroatoms. The van der Waals surface area contributed by atoms with Gasteiger partial charge in [-0.15, -0.1) is 0 Å². The molecule has 0 unspecified atom stereocenters. The summed E-state index contributed by atoms with van der Waals surface area (Å²) in [6.45, 7) is 8.35. The van der Waals surface area contributed by atoms with Crippen LogP contribution in [0.25, 0.3) is 0 Å². The number of carbonyl (C=O) groups is 1. The van der Waals surface area contributed by atoms with Gasteiger partial charge < -0.3 is 5.32 Å². The van der Waals surface area contributed by atoms with Crippen molar-refractivity contribution in [1.29, 1.82) is 0 Å². The monoisotopic (exact) mass is 370 g/mol. The fraction of sp³-hybridized carbons (Fsp3) is 0.611. The minimum absolute atomic E-state index is 0.0442. The van der Waals surface area contributed by atoms with E-state index in [4.69, 9.17) is 4.55 Å². The van der Waals surface area contributed by atoms with Crippen LogP contribution in [0, 0.1) is 13.8 Å². The molecule has 0 spiro atoms. The average molecular weight is 371 g/mol. The molecular weight excluding hydrogens is 340 g/mol. The molecule has 25 heavy (non-hydrogen) atoms. The Hall–Kier alpha value is -1.44. The highest BCUT2D eigenvalue weighted by Gasteiger charge is 2.28. The second kappa shape index (κ2) is 9.89. The topological polar surface area (TPSA) is 86.7 Å². The highest BCUT2D eigenvalue weighted by atomic mass is 32.2. The Morgan fingerprint density at radius 1 is 1.28 bits per heavy atom. The summed E-state index contributed by atoms with van der Waals surface area (Å²) in [7, 11) is -3.67. The first-order valence-corrected chi connectivity index (χ1v) is 10.5. The van der Waals surface area contributed by atoms with Crippen LogP contribution in [0.3, 0.4) is 0 Å². The van der Waals surface area contributed by atoms with E-state index in [1.807, 2.05) is 32.0 Å². The summed E-state index contributed by atoms with van der Waals surface area (Å²) in [5.41, 5.74) is 3.26. The number of rotatable bonds is 4. The Bertz CT molecular complexity index is 643. The van der Waals surface area contributed by atoms with E-state index in [1.165, 1.54) is 6.42 Å². The van der Waals surface area contributed by atoms with Gasteiger partial charge in [-0.05, 0) is 57.3 Å². The standard InChI is InChI=1S/C17H26N2O.CH4O3S/c1-4-11-19-12-6-5-10-15(19)17(20)18-16-13(2)8-7-9-14(16)3;1-5(2,3)4/h7-9,15H,4-6,10-12H2,1-3H3,(H,18,20);1H3,(H,2,3,4)/t15-;/m0./s1. The average Bonchev–Trinajstić information content (AvgIpc) is 2.50. The molecule has 1 aromatic rings. The first-order valence-electron chi connectivity index (χ1n) is 8.67. The largest absolute Gasteiger partial charge is 0.324 e. The molecule has 1 fully saturated rings. The summed E-state index contributed by atoms with van der Waals surface area (Å²) in [5.74, 6) is 0.163. The van der Waals surface area contributed by atoms with Gasteiger partial charge in [-0.3, -0.25) is 14.2 Å². The summed E-state index contributed by atoms with van der Waals surface area (Å²) in [4.78, 5) is 14.9. The van der Waals surface area contributed by atoms with Gasteiger partial charge in [0.25, 0.3) is 10.1 Å². The van der Waals surface area contributed by atoms with Crippen molar-refractivity contribution in [3.8, 4) is 0 Å². The smallest absolute Gasteiger partial charge is 0.261 e. The Labute approximate surface area is 151 Å². The van der Waals surface area contributed by atoms with Crippen molar-refractivity contribution in [2.24, 2.45) is 0 Å². The number of anilines is 1. The van der Waals surface area contributed by atoms with Crippen LogP contribution in [-0.4, -0.2) is 49.2 Å². The van der Waals surface area contributed by atoms with Crippen molar-refractivity contribution in [3.63, 3.8) is 0 Å². The number of benzene rings is 1. The summed E-state index contributed by atoms with van der Waals surface area (Å²) in [6.07, 6.45) is 5.18. The van der Waals surface area contributed by atoms with Crippen LogP contribution in [0.5, 0.6) is 0 Å². The second-order valence-corrected chi connectivity index (χ2v) is 8.00. The fourth-order valence-electron chi connectivity index (χ4n) is 3.06. The van der Waals surface area contributed by atoms with Crippen LogP contribution in [0.2, 0.25) is 0 Å². The maximum atomic E-state index is 12.6. The number of amides is 1. The van der Waals surface area contributed by atoms with Gasteiger partial charge in [0.2, 0.25) is 5.91 Å². The molecule has 1 aromatic carbocycles.